The highest BCUT2D eigenvalue weighted by atomic mass is 16.5. The Balaban J connectivity index is 1.47. The number of anilines is 1. The number of esters is 1. The van der Waals surface area contributed by atoms with Crippen molar-refractivity contribution in [3.63, 3.8) is 0 Å². The quantitative estimate of drug-likeness (QED) is 0.430. The molecule has 0 aromatic heterocycles. The van der Waals surface area contributed by atoms with Crippen LogP contribution in [0.3, 0.4) is 0 Å². The molecule has 0 saturated carbocycles. The average Bonchev–Trinajstić information content (AvgIpc) is 2.80. The van der Waals surface area contributed by atoms with Crippen molar-refractivity contribution in [2.24, 2.45) is 0 Å². The van der Waals surface area contributed by atoms with Crippen LogP contribution >= 0.6 is 0 Å². The van der Waals surface area contributed by atoms with Gasteiger partial charge >= 0.3 is 5.97 Å². The number of ether oxygens (including phenoxy) is 2. The van der Waals surface area contributed by atoms with Crippen LogP contribution in [0.1, 0.15) is 27.1 Å². The van der Waals surface area contributed by atoms with E-state index in [1.54, 1.807) is 72.8 Å². The highest BCUT2D eigenvalue weighted by molar-refractivity contribution is 6.06. The van der Waals surface area contributed by atoms with Crippen molar-refractivity contribution in [3.05, 3.63) is 90.0 Å². The van der Waals surface area contributed by atoms with E-state index in [9.17, 15) is 14.4 Å². The predicted octanol–water partition coefficient (Wildman–Crippen LogP) is 3.67. The maximum Gasteiger partial charge on any atom is 0.312 e. The molecule has 0 aliphatic heterocycles. The number of nitrogens with one attached hydrogen (secondary N) is 2. The summed E-state index contributed by atoms with van der Waals surface area (Å²) in [6.45, 7) is 0.166. The molecule has 0 bridgehead atoms. The highest BCUT2D eigenvalue weighted by Gasteiger charge is 2.12. The molecule has 0 aliphatic carbocycles. The number of hydrogen-bond donors (Lipinski definition) is 2. The number of rotatable bonds is 8. The molecule has 0 atom stereocenters. The Morgan fingerprint density at radius 2 is 1.48 bits per heavy atom. The van der Waals surface area contributed by atoms with Crippen LogP contribution in [0.15, 0.2) is 78.9 Å². The third kappa shape index (κ3) is 6.17. The van der Waals surface area contributed by atoms with E-state index in [4.69, 9.17) is 9.47 Å². The van der Waals surface area contributed by atoms with Crippen LogP contribution in [0.5, 0.6) is 11.5 Å². The van der Waals surface area contributed by atoms with Gasteiger partial charge in [0.25, 0.3) is 11.8 Å². The van der Waals surface area contributed by atoms with Gasteiger partial charge < -0.3 is 20.1 Å². The first-order chi connectivity index (χ1) is 15.1. The van der Waals surface area contributed by atoms with Crippen LogP contribution in [0.25, 0.3) is 0 Å². The number of carbonyl (C=O) groups is 3. The molecule has 7 nitrogen and oxygen atoms in total. The molecule has 0 fully saturated rings. The number of methoxy groups -OCH3 is 1. The monoisotopic (exact) mass is 418 g/mol. The molecule has 3 aromatic carbocycles. The van der Waals surface area contributed by atoms with Crippen LogP contribution in [0.2, 0.25) is 0 Å². The van der Waals surface area contributed by atoms with Gasteiger partial charge in [-0.15, -0.1) is 0 Å². The van der Waals surface area contributed by atoms with E-state index in [1.165, 1.54) is 7.11 Å². The summed E-state index contributed by atoms with van der Waals surface area (Å²) in [6, 6.07) is 22.1. The van der Waals surface area contributed by atoms with Gasteiger partial charge in [0.15, 0.2) is 0 Å². The third-order valence-corrected chi connectivity index (χ3v) is 4.35. The molecule has 31 heavy (non-hydrogen) atoms. The van der Waals surface area contributed by atoms with Crippen molar-refractivity contribution in [2.75, 3.05) is 19.0 Å². The minimum atomic E-state index is -0.473. The average molecular weight is 418 g/mol. The molecule has 158 valence electrons. The van der Waals surface area contributed by atoms with E-state index in [0.29, 0.717) is 28.3 Å². The molecule has 3 rings (SSSR count). The Bertz CT molecular complexity index is 1050. The van der Waals surface area contributed by atoms with E-state index in [1.807, 2.05) is 6.07 Å². The molecule has 0 heterocycles. The van der Waals surface area contributed by atoms with Gasteiger partial charge in [-0.05, 0) is 48.5 Å². The lowest BCUT2D eigenvalue weighted by atomic mass is 10.2. The molecule has 0 radical (unpaired) electrons. The Kier molecular flexibility index (Phi) is 7.37. The molecule has 3 aromatic rings. The molecular formula is C24H22N2O5. The second-order valence-electron chi connectivity index (χ2n) is 6.52. The van der Waals surface area contributed by atoms with Crippen LogP contribution in [0, 0.1) is 0 Å². The summed E-state index contributed by atoms with van der Waals surface area (Å²) in [7, 11) is 1.50. The number of hydrogen-bond acceptors (Lipinski definition) is 5. The van der Waals surface area contributed by atoms with Crippen molar-refractivity contribution in [1.29, 1.82) is 0 Å². The smallest absolute Gasteiger partial charge is 0.312 e. The largest absolute Gasteiger partial charge is 0.496 e. The Hall–Kier alpha value is -4.13. The fourth-order valence-electron chi connectivity index (χ4n) is 2.79. The second-order valence-corrected chi connectivity index (χ2v) is 6.52. The third-order valence-electron chi connectivity index (χ3n) is 4.35. The summed E-state index contributed by atoms with van der Waals surface area (Å²) in [5, 5.41) is 5.44. The van der Waals surface area contributed by atoms with E-state index < -0.39 is 5.97 Å². The van der Waals surface area contributed by atoms with Crippen LogP contribution in [0.4, 0.5) is 5.69 Å². The zero-order valence-electron chi connectivity index (χ0n) is 17.0. The molecule has 2 N–H and O–H groups in total. The van der Waals surface area contributed by atoms with Gasteiger partial charge in [0.2, 0.25) is 0 Å². The lowest BCUT2D eigenvalue weighted by Gasteiger charge is -2.10. The fraction of sp³-hybridized carbons (Fsp3) is 0.125. The molecule has 7 heteroatoms. The van der Waals surface area contributed by atoms with Gasteiger partial charge in [-0.25, -0.2) is 0 Å². The first-order valence-electron chi connectivity index (χ1n) is 9.65. The van der Waals surface area contributed by atoms with E-state index in [2.05, 4.69) is 10.6 Å². The van der Waals surface area contributed by atoms with Crippen molar-refractivity contribution >= 4 is 23.5 Å². The Labute approximate surface area is 180 Å². The zero-order valence-corrected chi connectivity index (χ0v) is 17.0. The maximum absolute atomic E-state index is 12.4. The van der Waals surface area contributed by atoms with Crippen molar-refractivity contribution in [1.82, 2.24) is 5.32 Å². The van der Waals surface area contributed by atoms with Crippen molar-refractivity contribution in [3.8, 4) is 11.5 Å². The van der Waals surface area contributed by atoms with Gasteiger partial charge in [0, 0.05) is 17.8 Å². The molecule has 0 spiro atoms. The van der Waals surface area contributed by atoms with Gasteiger partial charge in [-0.1, -0.05) is 30.3 Å². The predicted molar refractivity (Wildman–Crippen MR) is 116 cm³/mol. The standard InChI is InChI=1S/C24H22N2O5/c1-30-21-10-6-5-9-20(21)24(29)26-18-11-13-19(14-12-18)31-22(27)15-16-25-23(28)17-7-3-2-4-8-17/h2-14H,15-16H2,1H3,(H,25,28)(H,26,29). The Morgan fingerprint density at radius 1 is 0.806 bits per heavy atom. The summed E-state index contributed by atoms with van der Waals surface area (Å²) >= 11 is 0. The minimum Gasteiger partial charge on any atom is -0.496 e. The number of para-hydroxylation sites is 1. The van der Waals surface area contributed by atoms with Crippen molar-refractivity contribution < 1.29 is 23.9 Å². The summed E-state index contributed by atoms with van der Waals surface area (Å²) in [4.78, 5) is 36.4. The summed E-state index contributed by atoms with van der Waals surface area (Å²) < 4.78 is 10.5. The maximum atomic E-state index is 12.4. The van der Waals surface area contributed by atoms with Crippen LogP contribution in [-0.4, -0.2) is 31.4 Å². The first-order valence-corrected chi connectivity index (χ1v) is 9.65. The molecular weight excluding hydrogens is 396 g/mol. The van der Waals surface area contributed by atoms with E-state index in [-0.39, 0.29) is 24.8 Å². The normalized spacial score (nSPS) is 10.1. The molecule has 0 unspecified atom stereocenters. The van der Waals surface area contributed by atoms with Crippen molar-refractivity contribution in [2.45, 2.75) is 6.42 Å². The topological polar surface area (TPSA) is 93.7 Å². The van der Waals surface area contributed by atoms with Gasteiger partial charge in [0.05, 0.1) is 19.1 Å². The number of amides is 2. The fourth-order valence-corrected chi connectivity index (χ4v) is 2.79. The summed E-state index contributed by atoms with van der Waals surface area (Å²) in [6.07, 6.45) is 0.0326. The zero-order chi connectivity index (χ0) is 22.1. The van der Waals surface area contributed by atoms with Gasteiger partial charge in [-0.2, -0.15) is 0 Å². The molecule has 2 amide bonds. The van der Waals surface area contributed by atoms with Crippen LogP contribution in [-0.2, 0) is 4.79 Å². The van der Waals surface area contributed by atoms with E-state index in [0.717, 1.165) is 0 Å². The molecule has 0 aliphatic rings. The summed E-state index contributed by atoms with van der Waals surface area (Å²) in [5.41, 5.74) is 1.49. The van der Waals surface area contributed by atoms with Gasteiger partial charge in [-0.3, -0.25) is 14.4 Å². The molecule has 0 saturated heterocycles. The second kappa shape index (κ2) is 10.6. The highest BCUT2D eigenvalue weighted by Crippen LogP contribution is 2.21. The number of benzene rings is 3. The summed E-state index contributed by atoms with van der Waals surface area (Å²) in [5.74, 6) is -0.210. The van der Waals surface area contributed by atoms with E-state index >= 15 is 0 Å². The lowest BCUT2D eigenvalue weighted by molar-refractivity contribution is -0.134. The minimum absolute atomic E-state index is 0.0326. The first kappa shape index (κ1) is 21.6. The van der Waals surface area contributed by atoms with Crippen LogP contribution < -0.4 is 20.1 Å². The Morgan fingerprint density at radius 3 is 2.19 bits per heavy atom. The number of carbonyl (C=O) groups excluding carboxylic acids is 3. The lowest BCUT2D eigenvalue weighted by Crippen LogP contribution is -2.27. The van der Waals surface area contributed by atoms with Gasteiger partial charge in [0.1, 0.15) is 11.5 Å². The SMILES string of the molecule is COc1ccccc1C(=O)Nc1ccc(OC(=O)CCNC(=O)c2ccccc2)cc1.